The minimum atomic E-state index is -0.743. The highest BCUT2D eigenvalue weighted by molar-refractivity contribution is 6.07. The highest BCUT2D eigenvalue weighted by Crippen LogP contribution is 2.13. The number of carbonyl (C=O) groups is 3. The Bertz CT molecular complexity index is 660. The first-order chi connectivity index (χ1) is 10.0. The molecule has 1 atom stereocenters. The van der Waals surface area contributed by atoms with Crippen LogP contribution >= 0.6 is 0 Å². The molecule has 1 unspecified atom stereocenters. The van der Waals surface area contributed by atoms with Crippen molar-refractivity contribution in [2.45, 2.75) is 13.0 Å². The molecule has 7 nitrogen and oxygen atoms in total. The average Bonchev–Trinajstić information content (AvgIpc) is 2.48. The molecule has 1 aromatic rings. The Hall–Kier alpha value is -2.72. The monoisotopic (exact) mass is 286 g/mol. The maximum atomic E-state index is 12.5. The second kappa shape index (κ2) is 6.15. The summed E-state index contributed by atoms with van der Waals surface area (Å²) >= 11 is 0. The number of nitrogens with zero attached hydrogens (tertiary/aromatic N) is 2. The van der Waals surface area contributed by atoms with Crippen LogP contribution in [0.4, 0.5) is 0 Å². The maximum absolute atomic E-state index is 12.5. The van der Waals surface area contributed by atoms with Gasteiger partial charge in [-0.05, 0) is 19.1 Å². The first-order valence-corrected chi connectivity index (χ1v) is 6.33. The molecule has 0 spiro atoms. The summed E-state index contributed by atoms with van der Waals surface area (Å²) in [5.41, 5.74) is 5.84. The Balaban J connectivity index is 2.35. The predicted octanol–water partition coefficient (Wildman–Crippen LogP) is -1.12. The number of rotatable bonds is 1. The third kappa shape index (κ3) is 3.07. The highest BCUT2D eigenvalue weighted by atomic mass is 16.2. The molecule has 1 fully saturated rings. The minimum Gasteiger partial charge on any atom is -0.320 e. The Morgan fingerprint density at radius 2 is 2.33 bits per heavy atom. The molecule has 3 amide bonds. The number of imide groups is 1. The third-order valence-electron chi connectivity index (χ3n) is 3.02. The Morgan fingerprint density at radius 1 is 1.57 bits per heavy atom. The normalized spacial score (nSPS) is 17.8. The van der Waals surface area contributed by atoms with Crippen LogP contribution in [-0.4, -0.2) is 46.7 Å². The standard InChI is InChI=1S/C14H14N4O3/c1-9-13(20)17-11(19)8-18(9)14(21)12-10(4-2-6-15)5-3-7-16-12/h3,5,7,9H,6,8,15H2,1H3,(H,17,19,20). The van der Waals surface area contributed by atoms with Crippen LogP contribution in [0.2, 0.25) is 0 Å². The molecule has 1 aromatic heterocycles. The van der Waals surface area contributed by atoms with Crippen molar-refractivity contribution in [2.24, 2.45) is 5.73 Å². The van der Waals surface area contributed by atoms with E-state index < -0.39 is 23.8 Å². The topological polar surface area (TPSA) is 105 Å². The van der Waals surface area contributed by atoms with E-state index in [1.165, 1.54) is 11.1 Å². The fourth-order valence-corrected chi connectivity index (χ4v) is 1.92. The molecule has 7 heteroatoms. The van der Waals surface area contributed by atoms with E-state index in [1.807, 2.05) is 0 Å². The van der Waals surface area contributed by atoms with Crippen molar-refractivity contribution in [2.75, 3.05) is 13.1 Å². The Labute approximate surface area is 121 Å². The molecule has 0 aliphatic carbocycles. The summed E-state index contributed by atoms with van der Waals surface area (Å²) in [6.45, 7) is 1.52. The van der Waals surface area contributed by atoms with Crippen LogP contribution in [-0.2, 0) is 9.59 Å². The molecular weight excluding hydrogens is 272 g/mol. The Morgan fingerprint density at radius 3 is 3.05 bits per heavy atom. The van der Waals surface area contributed by atoms with Crippen LogP contribution in [0.5, 0.6) is 0 Å². The van der Waals surface area contributed by atoms with Crippen molar-refractivity contribution in [1.29, 1.82) is 0 Å². The number of amides is 3. The summed E-state index contributed by atoms with van der Waals surface area (Å²) in [5.74, 6) is 3.88. The second-order valence-corrected chi connectivity index (χ2v) is 4.43. The molecular formula is C14H14N4O3. The van der Waals surface area contributed by atoms with Crippen LogP contribution in [0.25, 0.3) is 0 Å². The van der Waals surface area contributed by atoms with Crippen molar-refractivity contribution >= 4 is 17.7 Å². The molecule has 21 heavy (non-hydrogen) atoms. The van der Waals surface area contributed by atoms with Crippen LogP contribution in [0.15, 0.2) is 18.3 Å². The summed E-state index contributed by atoms with van der Waals surface area (Å²) in [7, 11) is 0. The molecule has 2 rings (SSSR count). The van der Waals surface area contributed by atoms with Gasteiger partial charge in [-0.3, -0.25) is 19.7 Å². The van der Waals surface area contributed by atoms with E-state index in [9.17, 15) is 14.4 Å². The van der Waals surface area contributed by atoms with Crippen molar-refractivity contribution in [3.05, 3.63) is 29.6 Å². The van der Waals surface area contributed by atoms with Gasteiger partial charge in [0.05, 0.1) is 12.1 Å². The number of aromatic nitrogens is 1. The molecule has 2 heterocycles. The third-order valence-corrected chi connectivity index (χ3v) is 3.02. The van der Waals surface area contributed by atoms with E-state index in [0.29, 0.717) is 5.56 Å². The van der Waals surface area contributed by atoms with E-state index in [2.05, 4.69) is 22.1 Å². The number of hydrogen-bond acceptors (Lipinski definition) is 5. The average molecular weight is 286 g/mol. The van der Waals surface area contributed by atoms with Crippen LogP contribution in [0.1, 0.15) is 23.0 Å². The zero-order valence-corrected chi connectivity index (χ0v) is 11.4. The second-order valence-electron chi connectivity index (χ2n) is 4.43. The summed E-state index contributed by atoms with van der Waals surface area (Å²) < 4.78 is 0. The van der Waals surface area contributed by atoms with Gasteiger partial charge < -0.3 is 10.6 Å². The SMILES string of the molecule is CC1C(=O)NC(=O)CN1C(=O)c1ncccc1C#CCN. The number of piperazine rings is 1. The fourth-order valence-electron chi connectivity index (χ4n) is 1.92. The van der Waals surface area contributed by atoms with Gasteiger partial charge in [-0.25, -0.2) is 4.98 Å². The van der Waals surface area contributed by atoms with Crippen LogP contribution in [0, 0.1) is 11.8 Å². The van der Waals surface area contributed by atoms with Crippen molar-refractivity contribution in [3.8, 4) is 11.8 Å². The molecule has 1 aliphatic heterocycles. The molecule has 3 N–H and O–H groups in total. The number of nitrogens with one attached hydrogen (secondary N) is 1. The van der Waals surface area contributed by atoms with E-state index >= 15 is 0 Å². The molecule has 108 valence electrons. The lowest BCUT2D eigenvalue weighted by atomic mass is 10.1. The van der Waals surface area contributed by atoms with Gasteiger partial charge in [0, 0.05) is 6.20 Å². The summed E-state index contributed by atoms with van der Waals surface area (Å²) in [6.07, 6.45) is 1.46. The smallest absolute Gasteiger partial charge is 0.274 e. The first-order valence-electron chi connectivity index (χ1n) is 6.33. The zero-order chi connectivity index (χ0) is 15.4. The van der Waals surface area contributed by atoms with Gasteiger partial charge in [0.1, 0.15) is 18.3 Å². The number of hydrogen-bond donors (Lipinski definition) is 2. The van der Waals surface area contributed by atoms with Crippen molar-refractivity contribution in [3.63, 3.8) is 0 Å². The van der Waals surface area contributed by atoms with Gasteiger partial charge >= 0.3 is 0 Å². The lowest BCUT2D eigenvalue weighted by Gasteiger charge is -2.31. The van der Waals surface area contributed by atoms with E-state index in [0.717, 1.165) is 0 Å². The lowest BCUT2D eigenvalue weighted by molar-refractivity contribution is -0.138. The molecule has 0 bridgehead atoms. The minimum absolute atomic E-state index is 0.104. The van der Waals surface area contributed by atoms with Crippen LogP contribution < -0.4 is 11.1 Å². The molecule has 0 aromatic carbocycles. The summed E-state index contributed by atoms with van der Waals surface area (Å²) in [5, 5.41) is 2.18. The van der Waals surface area contributed by atoms with Gasteiger partial charge in [0.2, 0.25) is 11.8 Å². The van der Waals surface area contributed by atoms with E-state index in [1.54, 1.807) is 19.1 Å². The van der Waals surface area contributed by atoms with Gasteiger partial charge in [-0.1, -0.05) is 11.8 Å². The first kappa shape index (κ1) is 14.7. The van der Waals surface area contributed by atoms with Crippen molar-refractivity contribution in [1.82, 2.24) is 15.2 Å². The highest BCUT2D eigenvalue weighted by Gasteiger charge is 2.35. The predicted molar refractivity (Wildman–Crippen MR) is 73.8 cm³/mol. The molecule has 1 saturated heterocycles. The van der Waals surface area contributed by atoms with E-state index in [-0.39, 0.29) is 18.8 Å². The number of nitrogens with two attached hydrogens (primary N) is 1. The van der Waals surface area contributed by atoms with Gasteiger partial charge in [0.15, 0.2) is 0 Å². The summed E-state index contributed by atoms with van der Waals surface area (Å²) in [4.78, 5) is 40.8. The maximum Gasteiger partial charge on any atom is 0.274 e. The van der Waals surface area contributed by atoms with Crippen molar-refractivity contribution < 1.29 is 14.4 Å². The largest absolute Gasteiger partial charge is 0.320 e. The Kier molecular flexibility index (Phi) is 4.30. The quantitative estimate of drug-likeness (QED) is 0.502. The molecule has 0 radical (unpaired) electrons. The molecule has 0 saturated carbocycles. The summed E-state index contributed by atoms with van der Waals surface area (Å²) in [6, 6.07) is 2.54. The molecule has 1 aliphatic rings. The van der Waals surface area contributed by atoms with Gasteiger partial charge in [0.25, 0.3) is 5.91 Å². The zero-order valence-electron chi connectivity index (χ0n) is 11.4. The van der Waals surface area contributed by atoms with E-state index in [4.69, 9.17) is 5.73 Å². The van der Waals surface area contributed by atoms with Gasteiger partial charge in [-0.15, -0.1) is 0 Å². The number of pyridine rings is 1. The lowest BCUT2D eigenvalue weighted by Crippen LogP contribution is -2.58. The van der Waals surface area contributed by atoms with Gasteiger partial charge in [-0.2, -0.15) is 0 Å². The van der Waals surface area contributed by atoms with Crippen LogP contribution in [0.3, 0.4) is 0 Å². The number of carbonyl (C=O) groups excluding carboxylic acids is 3. The fraction of sp³-hybridized carbons (Fsp3) is 0.286.